The Morgan fingerprint density at radius 3 is 2.71 bits per heavy atom. The summed E-state index contributed by atoms with van der Waals surface area (Å²) in [6.07, 6.45) is 2.30. The van der Waals surface area contributed by atoms with Gasteiger partial charge in [-0.15, -0.1) is 0 Å². The predicted molar refractivity (Wildman–Crippen MR) is 77.1 cm³/mol. The third kappa shape index (κ3) is 2.90. The van der Waals surface area contributed by atoms with E-state index < -0.39 is 11.6 Å². The fourth-order valence-electron chi connectivity index (χ4n) is 2.83. The van der Waals surface area contributed by atoms with E-state index in [1.165, 1.54) is 17.7 Å². The Morgan fingerprint density at radius 1 is 1.10 bits per heavy atom. The molecular weight excluding hydrogens is 272 g/mol. The van der Waals surface area contributed by atoms with Gasteiger partial charge in [0, 0.05) is 6.07 Å². The van der Waals surface area contributed by atoms with Crippen LogP contribution in [0.1, 0.15) is 30.0 Å². The largest absolute Gasteiger partial charge is 0.485 e. The maximum Gasteiger partial charge on any atom is 0.167 e. The monoisotopic (exact) mass is 289 g/mol. The van der Waals surface area contributed by atoms with Crippen LogP contribution in [0.4, 0.5) is 8.78 Å². The zero-order valence-corrected chi connectivity index (χ0v) is 11.6. The molecule has 1 aliphatic carbocycles. The molecule has 0 aliphatic heterocycles. The van der Waals surface area contributed by atoms with E-state index in [1.54, 1.807) is 0 Å². The molecule has 1 aliphatic rings. The normalized spacial score (nSPS) is 21.5. The Labute approximate surface area is 122 Å². The van der Waals surface area contributed by atoms with Crippen molar-refractivity contribution < 1.29 is 13.5 Å². The maximum atomic E-state index is 13.7. The second kappa shape index (κ2) is 5.82. The predicted octanol–water partition coefficient (Wildman–Crippen LogP) is 3.75. The molecule has 2 atom stereocenters. The number of ether oxygens (including phenoxy) is 1. The van der Waals surface area contributed by atoms with Crippen LogP contribution in [-0.4, -0.2) is 6.10 Å². The molecule has 2 aromatic rings. The van der Waals surface area contributed by atoms with Crippen molar-refractivity contribution >= 4 is 0 Å². The molecule has 0 amide bonds. The average molecular weight is 289 g/mol. The third-order valence-corrected chi connectivity index (χ3v) is 3.92. The van der Waals surface area contributed by atoms with Gasteiger partial charge in [-0.05, 0) is 42.5 Å². The molecule has 2 N–H and O–H groups in total. The summed E-state index contributed by atoms with van der Waals surface area (Å²) >= 11 is 0. The molecule has 2 aromatic carbocycles. The highest BCUT2D eigenvalue weighted by molar-refractivity contribution is 5.33. The van der Waals surface area contributed by atoms with Crippen LogP contribution < -0.4 is 10.5 Å². The maximum absolute atomic E-state index is 13.7. The lowest BCUT2D eigenvalue weighted by Gasteiger charge is -2.24. The Morgan fingerprint density at radius 2 is 1.90 bits per heavy atom. The van der Waals surface area contributed by atoms with E-state index in [-0.39, 0.29) is 17.9 Å². The van der Waals surface area contributed by atoms with Crippen LogP contribution in [-0.2, 0) is 6.42 Å². The zero-order chi connectivity index (χ0) is 14.8. The van der Waals surface area contributed by atoms with E-state index in [1.807, 2.05) is 18.2 Å². The van der Waals surface area contributed by atoms with E-state index in [0.29, 0.717) is 0 Å². The van der Waals surface area contributed by atoms with Gasteiger partial charge in [0.25, 0.3) is 0 Å². The molecule has 2 nitrogen and oxygen atoms in total. The lowest BCUT2D eigenvalue weighted by Crippen LogP contribution is -2.31. The number of rotatable bonds is 2. The van der Waals surface area contributed by atoms with Crippen molar-refractivity contribution in [3.05, 3.63) is 65.2 Å². The van der Waals surface area contributed by atoms with Gasteiger partial charge in [-0.3, -0.25) is 0 Å². The van der Waals surface area contributed by atoms with Gasteiger partial charge in [0.15, 0.2) is 11.6 Å². The van der Waals surface area contributed by atoms with E-state index in [2.05, 4.69) is 6.07 Å². The number of halogens is 2. The van der Waals surface area contributed by atoms with Crippen LogP contribution in [0.25, 0.3) is 0 Å². The minimum Gasteiger partial charge on any atom is -0.485 e. The summed E-state index contributed by atoms with van der Waals surface area (Å²) in [6, 6.07) is 11.0. The quantitative estimate of drug-likeness (QED) is 0.855. The lowest BCUT2D eigenvalue weighted by molar-refractivity contribution is 0.155. The molecule has 0 radical (unpaired) electrons. The minimum absolute atomic E-state index is 0.0521. The van der Waals surface area contributed by atoms with Crippen molar-refractivity contribution in [2.45, 2.75) is 31.4 Å². The molecule has 21 heavy (non-hydrogen) atoms. The highest BCUT2D eigenvalue weighted by Crippen LogP contribution is 2.31. The van der Waals surface area contributed by atoms with Gasteiger partial charge in [0.2, 0.25) is 0 Å². The molecular formula is C17H17F2NO. The minimum atomic E-state index is -0.695. The Hall–Kier alpha value is -1.94. The van der Waals surface area contributed by atoms with Gasteiger partial charge in [-0.25, -0.2) is 8.78 Å². The summed E-state index contributed by atoms with van der Waals surface area (Å²) in [5, 5.41) is 0. The molecule has 0 aromatic heterocycles. The number of hydrogen-bond donors (Lipinski definition) is 1. The van der Waals surface area contributed by atoms with E-state index in [4.69, 9.17) is 10.5 Å². The summed E-state index contributed by atoms with van der Waals surface area (Å²) < 4.78 is 32.4. The highest BCUT2D eigenvalue weighted by atomic mass is 19.1. The standard InChI is InChI=1S/C17H17F2NO/c18-12-8-9-15(14(19)10-12)21-16-7-3-5-11-4-1-2-6-13(11)17(16)20/h1-2,4,6,8-10,16-17H,3,5,7,20H2. The Kier molecular flexibility index (Phi) is 3.88. The van der Waals surface area contributed by atoms with E-state index >= 15 is 0 Å². The second-order valence-corrected chi connectivity index (χ2v) is 5.35. The molecule has 0 bridgehead atoms. The fourth-order valence-corrected chi connectivity index (χ4v) is 2.83. The number of fused-ring (bicyclic) bond motifs is 1. The summed E-state index contributed by atoms with van der Waals surface area (Å²) in [6.45, 7) is 0. The first-order chi connectivity index (χ1) is 10.1. The molecule has 0 spiro atoms. The van der Waals surface area contributed by atoms with Gasteiger partial charge in [0.05, 0.1) is 6.04 Å². The number of nitrogens with two attached hydrogens (primary N) is 1. The van der Waals surface area contributed by atoms with Crippen molar-refractivity contribution in [1.82, 2.24) is 0 Å². The third-order valence-electron chi connectivity index (χ3n) is 3.92. The van der Waals surface area contributed by atoms with Crippen LogP contribution in [0.5, 0.6) is 5.75 Å². The second-order valence-electron chi connectivity index (χ2n) is 5.35. The average Bonchev–Trinajstić information content (AvgIpc) is 2.63. The zero-order valence-electron chi connectivity index (χ0n) is 11.6. The van der Waals surface area contributed by atoms with Crippen molar-refractivity contribution in [1.29, 1.82) is 0 Å². The molecule has 2 unspecified atom stereocenters. The summed E-state index contributed by atoms with van der Waals surface area (Å²) in [5.74, 6) is -1.26. The number of hydrogen-bond acceptors (Lipinski definition) is 2. The molecule has 0 saturated carbocycles. The SMILES string of the molecule is NC1c2ccccc2CCCC1Oc1ccc(F)cc1F. The molecule has 3 rings (SSSR count). The van der Waals surface area contributed by atoms with Crippen molar-refractivity contribution in [3.8, 4) is 5.75 Å². The number of aryl methyl sites for hydroxylation is 1. The molecule has 4 heteroatoms. The summed E-state index contributed by atoms with van der Waals surface area (Å²) in [5.41, 5.74) is 8.56. The lowest BCUT2D eigenvalue weighted by atomic mass is 9.98. The van der Waals surface area contributed by atoms with Gasteiger partial charge >= 0.3 is 0 Å². The summed E-state index contributed by atoms with van der Waals surface area (Å²) in [7, 11) is 0. The van der Waals surface area contributed by atoms with Gasteiger partial charge in [-0.1, -0.05) is 24.3 Å². The molecule has 110 valence electrons. The van der Waals surface area contributed by atoms with Crippen molar-refractivity contribution in [2.24, 2.45) is 5.73 Å². The van der Waals surface area contributed by atoms with E-state index in [0.717, 1.165) is 30.9 Å². The van der Waals surface area contributed by atoms with Crippen LogP contribution in [0, 0.1) is 11.6 Å². The van der Waals surface area contributed by atoms with Gasteiger partial charge < -0.3 is 10.5 Å². The molecule has 0 fully saturated rings. The van der Waals surface area contributed by atoms with Crippen molar-refractivity contribution in [3.63, 3.8) is 0 Å². The van der Waals surface area contributed by atoms with Gasteiger partial charge in [-0.2, -0.15) is 0 Å². The summed E-state index contributed by atoms with van der Waals surface area (Å²) in [4.78, 5) is 0. The highest BCUT2D eigenvalue weighted by Gasteiger charge is 2.26. The number of benzene rings is 2. The van der Waals surface area contributed by atoms with Crippen LogP contribution in [0.2, 0.25) is 0 Å². The first kappa shape index (κ1) is 14.0. The van der Waals surface area contributed by atoms with E-state index in [9.17, 15) is 8.78 Å². The van der Waals surface area contributed by atoms with Crippen molar-refractivity contribution in [2.75, 3.05) is 0 Å². The van der Waals surface area contributed by atoms with Crippen LogP contribution in [0.3, 0.4) is 0 Å². The smallest absolute Gasteiger partial charge is 0.167 e. The fraction of sp³-hybridized carbons (Fsp3) is 0.294. The van der Waals surface area contributed by atoms with Crippen LogP contribution in [0.15, 0.2) is 42.5 Å². The first-order valence-electron chi connectivity index (χ1n) is 7.10. The first-order valence-corrected chi connectivity index (χ1v) is 7.10. The van der Waals surface area contributed by atoms with Crippen LogP contribution >= 0.6 is 0 Å². The van der Waals surface area contributed by atoms with Gasteiger partial charge in [0.1, 0.15) is 11.9 Å². The molecule has 0 saturated heterocycles. The topological polar surface area (TPSA) is 35.2 Å². The Bertz CT molecular complexity index is 644. The molecule has 0 heterocycles. The Balaban J connectivity index is 1.86.